The molecule has 1 aliphatic rings. The van der Waals surface area contributed by atoms with Crippen LogP contribution < -0.4 is 5.32 Å². The molecule has 0 saturated carbocycles. The minimum absolute atomic E-state index is 0.417. The van der Waals surface area contributed by atoms with Crippen LogP contribution in [0.2, 0.25) is 0 Å². The van der Waals surface area contributed by atoms with Crippen LogP contribution in [0.25, 0.3) is 0 Å². The average molecular weight is 275 g/mol. The van der Waals surface area contributed by atoms with E-state index in [9.17, 15) is 0 Å². The summed E-state index contributed by atoms with van der Waals surface area (Å²) in [5.74, 6) is 0. The molecule has 112 valence electrons. The first kappa shape index (κ1) is 15.5. The molecule has 0 bridgehead atoms. The lowest BCUT2D eigenvalue weighted by molar-refractivity contribution is 0.0912. The fourth-order valence-corrected chi connectivity index (χ4v) is 3.16. The van der Waals surface area contributed by atoms with Crippen molar-refractivity contribution in [1.82, 2.24) is 15.1 Å². The minimum Gasteiger partial charge on any atom is -0.312 e. The van der Waals surface area contributed by atoms with E-state index in [0.717, 1.165) is 6.54 Å². The molecule has 0 aliphatic carbocycles. The van der Waals surface area contributed by atoms with Gasteiger partial charge in [-0.2, -0.15) is 0 Å². The van der Waals surface area contributed by atoms with E-state index in [-0.39, 0.29) is 0 Å². The van der Waals surface area contributed by atoms with Crippen LogP contribution in [-0.4, -0.2) is 56.1 Å². The molecule has 2 atom stereocenters. The summed E-state index contributed by atoms with van der Waals surface area (Å²) >= 11 is 0. The summed E-state index contributed by atoms with van der Waals surface area (Å²) in [6, 6.07) is 7.82. The zero-order valence-electron chi connectivity index (χ0n) is 13.6. The molecule has 1 N–H and O–H groups in total. The first-order chi connectivity index (χ1) is 9.51. The summed E-state index contributed by atoms with van der Waals surface area (Å²) in [6.07, 6.45) is 0. The quantitative estimate of drug-likeness (QED) is 0.909. The van der Waals surface area contributed by atoms with Gasteiger partial charge < -0.3 is 10.2 Å². The molecule has 2 unspecified atom stereocenters. The Morgan fingerprint density at radius 3 is 2.70 bits per heavy atom. The number of aryl methyl sites for hydroxylation is 2. The molecule has 0 aromatic heterocycles. The highest BCUT2D eigenvalue weighted by Crippen LogP contribution is 2.21. The van der Waals surface area contributed by atoms with Gasteiger partial charge in [0.25, 0.3) is 0 Å². The topological polar surface area (TPSA) is 18.5 Å². The molecule has 3 nitrogen and oxygen atoms in total. The summed E-state index contributed by atoms with van der Waals surface area (Å²) < 4.78 is 0. The Morgan fingerprint density at radius 1 is 1.30 bits per heavy atom. The Morgan fingerprint density at radius 2 is 2.05 bits per heavy atom. The first-order valence-electron chi connectivity index (χ1n) is 7.68. The van der Waals surface area contributed by atoms with Crippen molar-refractivity contribution in [3.8, 4) is 0 Å². The summed E-state index contributed by atoms with van der Waals surface area (Å²) in [6.45, 7) is 11.3. The van der Waals surface area contributed by atoms with E-state index in [1.807, 2.05) is 0 Å². The number of benzene rings is 1. The number of hydrogen-bond donors (Lipinski definition) is 1. The van der Waals surface area contributed by atoms with Gasteiger partial charge in [0.1, 0.15) is 0 Å². The van der Waals surface area contributed by atoms with Crippen molar-refractivity contribution in [3.63, 3.8) is 0 Å². The number of likely N-dealkylation sites (N-methyl/N-ethyl adjacent to an activating group) is 2. The monoisotopic (exact) mass is 275 g/mol. The third-order valence-corrected chi connectivity index (χ3v) is 4.54. The summed E-state index contributed by atoms with van der Waals surface area (Å²) in [5.41, 5.74) is 4.17. The van der Waals surface area contributed by atoms with Gasteiger partial charge in [0.15, 0.2) is 0 Å². The highest BCUT2D eigenvalue weighted by atomic mass is 15.3. The van der Waals surface area contributed by atoms with Crippen LogP contribution in [-0.2, 0) is 0 Å². The molecule has 2 rings (SSSR count). The zero-order chi connectivity index (χ0) is 14.7. The maximum Gasteiger partial charge on any atom is 0.0449 e. The van der Waals surface area contributed by atoms with Crippen LogP contribution in [0.5, 0.6) is 0 Å². The van der Waals surface area contributed by atoms with Gasteiger partial charge in [-0.05, 0) is 46.0 Å². The van der Waals surface area contributed by atoms with Crippen molar-refractivity contribution in [2.75, 3.05) is 40.3 Å². The molecule has 1 aromatic carbocycles. The standard InChI is InChI=1S/C17H29N3/c1-13-6-7-14(2)16(10-13)17(18-4)12-20-9-8-19(5)11-15(20)3/h6-7,10,15,17-18H,8-9,11-12H2,1-5H3. The number of hydrogen-bond acceptors (Lipinski definition) is 3. The van der Waals surface area contributed by atoms with Crippen molar-refractivity contribution in [1.29, 1.82) is 0 Å². The lowest BCUT2D eigenvalue weighted by Gasteiger charge is -2.40. The van der Waals surface area contributed by atoms with Crippen LogP contribution in [0.15, 0.2) is 18.2 Å². The number of nitrogens with zero attached hydrogens (tertiary/aromatic N) is 2. The molecule has 1 heterocycles. The summed E-state index contributed by atoms with van der Waals surface area (Å²) in [7, 11) is 4.29. The number of rotatable bonds is 4. The SMILES string of the molecule is CNC(CN1CCN(C)CC1C)c1cc(C)ccc1C. The van der Waals surface area contributed by atoms with Gasteiger partial charge in [0.2, 0.25) is 0 Å². The molecular formula is C17H29N3. The van der Waals surface area contributed by atoms with Gasteiger partial charge >= 0.3 is 0 Å². The number of nitrogens with one attached hydrogen (secondary N) is 1. The zero-order valence-corrected chi connectivity index (χ0v) is 13.6. The van der Waals surface area contributed by atoms with Crippen LogP contribution in [0, 0.1) is 13.8 Å². The molecule has 1 aromatic rings. The van der Waals surface area contributed by atoms with E-state index in [1.165, 1.54) is 36.3 Å². The fraction of sp³-hybridized carbons (Fsp3) is 0.647. The number of piperazine rings is 1. The van der Waals surface area contributed by atoms with Crippen molar-refractivity contribution >= 4 is 0 Å². The van der Waals surface area contributed by atoms with Crippen LogP contribution in [0.1, 0.15) is 29.7 Å². The lowest BCUT2D eigenvalue weighted by atomic mass is 9.98. The lowest BCUT2D eigenvalue weighted by Crippen LogP contribution is -2.52. The Labute approximate surface area is 124 Å². The summed E-state index contributed by atoms with van der Waals surface area (Å²) in [5, 5.41) is 3.51. The van der Waals surface area contributed by atoms with Gasteiger partial charge in [-0.1, -0.05) is 23.8 Å². The van der Waals surface area contributed by atoms with Crippen LogP contribution >= 0.6 is 0 Å². The Bertz CT molecular complexity index is 444. The van der Waals surface area contributed by atoms with Gasteiger partial charge in [0, 0.05) is 38.3 Å². The third-order valence-electron chi connectivity index (χ3n) is 4.54. The van der Waals surface area contributed by atoms with Gasteiger partial charge in [-0.3, -0.25) is 4.90 Å². The Balaban J connectivity index is 2.10. The van der Waals surface area contributed by atoms with E-state index >= 15 is 0 Å². The molecule has 0 amide bonds. The predicted molar refractivity (Wildman–Crippen MR) is 86.2 cm³/mol. The van der Waals surface area contributed by atoms with Gasteiger partial charge in [-0.25, -0.2) is 0 Å². The second kappa shape index (κ2) is 6.70. The molecule has 1 saturated heterocycles. The largest absolute Gasteiger partial charge is 0.312 e. The second-order valence-corrected chi connectivity index (χ2v) is 6.31. The smallest absolute Gasteiger partial charge is 0.0449 e. The fourth-order valence-electron chi connectivity index (χ4n) is 3.16. The molecule has 1 aliphatic heterocycles. The second-order valence-electron chi connectivity index (χ2n) is 6.31. The summed E-state index contributed by atoms with van der Waals surface area (Å²) in [4.78, 5) is 5.04. The predicted octanol–water partition coefficient (Wildman–Crippen LogP) is 2.20. The van der Waals surface area contributed by atoms with E-state index < -0.39 is 0 Å². The van der Waals surface area contributed by atoms with E-state index in [2.05, 4.69) is 68.2 Å². The Kier molecular flexibility index (Phi) is 5.19. The van der Waals surface area contributed by atoms with Crippen molar-refractivity contribution in [2.24, 2.45) is 0 Å². The maximum absolute atomic E-state index is 3.51. The van der Waals surface area contributed by atoms with Crippen LogP contribution in [0.3, 0.4) is 0 Å². The van der Waals surface area contributed by atoms with Crippen molar-refractivity contribution < 1.29 is 0 Å². The molecule has 0 spiro atoms. The third kappa shape index (κ3) is 3.60. The van der Waals surface area contributed by atoms with Crippen molar-refractivity contribution in [2.45, 2.75) is 32.9 Å². The highest BCUT2D eigenvalue weighted by molar-refractivity contribution is 5.33. The molecular weight excluding hydrogens is 246 g/mol. The highest BCUT2D eigenvalue weighted by Gasteiger charge is 2.24. The molecule has 1 fully saturated rings. The van der Waals surface area contributed by atoms with Crippen LogP contribution in [0.4, 0.5) is 0 Å². The van der Waals surface area contributed by atoms with E-state index in [1.54, 1.807) is 0 Å². The average Bonchev–Trinajstić information content (AvgIpc) is 2.41. The molecule has 20 heavy (non-hydrogen) atoms. The Hall–Kier alpha value is -0.900. The molecule has 3 heteroatoms. The minimum atomic E-state index is 0.417. The maximum atomic E-state index is 3.51. The van der Waals surface area contributed by atoms with E-state index in [0.29, 0.717) is 12.1 Å². The van der Waals surface area contributed by atoms with Crippen molar-refractivity contribution in [3.05, 3.63) is 34.9 Å². The normalized spacial score (nSPS) is 22.9. The van der Waals surface area contributed by atoms with Gasteiger partial charge in [0.05, 0.1) is 0 Å². The first-order valence-corrected chi connectivity index (χ1v) is 7.68. The van der Waals surface area contributed by atoms with Gasteiger partial charge in [-0.15, -0.1) is 0 Å². The molecule has 0 radical (unpaired) electrons. The van der Waals surface area contributed by atoms with E-state index in [4.69, 9.17) is 0 Å².